The van der Waals surface area contributed by atoms with Crippen molar-refractivity contribution in [3.05, 3.63) is 23.2 Å². The first kappa shape index (κ1) is 10.6. The van der Waals surface area contributed by atoms with Gasteiger partial charge in [-0.15, -0.1) is 0 Å². The van der Waals surface area contributed by atoms with Gasteiger partial charge in [-0.25, -0.2) is 0 Å². The molecule has 0 aliphatic carbocycles. The minimum atomic E-state index is -1.17. The second-order valence-corrected chi connectivity index (χ2v) is 4.52. The standard InChI is InChI=1S/C10H9Cl2NO2/c1-6(14)5-10(12)13-8-3-2-7(11)4-9(8)15-10/h2-4,13H,5H2,1H3. The predicted molar refractivity (Wildman–Crippen MR) is 59.6 cm³/mol. The third-order valence-corrected chi connectivity index (χ3v) is 2.55. The molecule has 0 fully saturated rings. The van der Waals surface area contributed by atoms with Crippen LogP contribution in [0.1, 0.15) is 13.3 Å². The van der Waals surface area contributed by atoms with Crippen molar-refractivity contribution in [3.8, 4) is 5.75 Å². The van der Waals surface area contributed by atoms with Crippen molar-refractivity contribution in [1.29, 1.82) is 0 Å². The lowest BCUT2D eigenvalue weighted by Crippen LogP contribution is -2.35. The summed E-state index contributed by atoms with van der Waals surface area (Å²) in [6.45, 7) is 1.46. The molecule has 80 valence electrons. The molecule has 1 atom stereocenters. The van der Waals surface area contributed by atoms with Crippen LogP contribution in [0.4, 0.5) is 5.69 Å². The number of ether oxygens (including phenoxy) is 1. The molecule has 15 heavy (non-hydrogen) atoms. The monoisotopic (exact) mass is 245 g/mol. The first-order valence-electron chi connectivity index (χ1n) is 4.44. The number of anilines is 1. The Morgan fingerprint density at radius 3 is 3.00 bits per heavy atom. The Bertz CT molecular complexity index is 422. The van der Waals surface area contributed by atoms with Gasteiger partial charge in [0.25, 0.3) is 5.18 Å². The van der Waals surface area contributed by atoms with Gasteiger partial charge in [-0.1, -0.05) is 23.2 Å². The van der Waals surface area contributed by atoms with Gasteiger partial charge in [-0.2, -0.15) is 0 Å². The van der Waals surface area contributed by atoms with E-state index in [2.05, 4.69) is 5.32 Å². The number of ketones is 1. The van der Waals surface area contributed by atoms with E-state index in [0.717, 1.165) is 5.69 Å². The molecule has 1 aromatic carbocycles. The quantitative estimate of drug-likeness (QED) is 0.643. The van der Waals surface area contributed by atoms with Crippen LogP contribution in [0.25, 0.3) is 0 Å². The van der Waals surface area contributed by atoms with Crippen molar-refractivity contribution in [1.82, 2.24) is 0 Å². The van der Waals surface area contributed by atoms with Gasteiger partial charge in [0.15, 0.2) is 0 Å². The van der Waals surface area contributed by atoms with Crippen LogP contribution in [-0.2, 0) is 4.79 Å². The van der Waals surface area contributed by atoms with Crippen LogP contribution < -0.4 is 10.1 Å². The fourth-order valence-corrected chi connectivity index (χ4v) is 2.02. The molecule has 5 heteroatoms. The van der Waals surface area contributed by atoms with Gasteiger partial charge in [0.05, 0.1) is 12.1 Å². The van der Waals surface area contributed by atoms with Crippen molar-refractivity contribution in [2.24, 2.45) is 0 Å². The van der Waals surface area contributed by atoms with E-state index in [4.69, 9.17) is 27.9 Å². The molecule has 3 nitrogen and oxygen atoms in total. The summed E-state index contributed by atoms with van der Waals surface area (Å²) < 4.78 is 5.44. The summed E-state index contributed by atoms with van der Waals surface area (Å²) in [5, 5.41) is 2.33. The summed E-state index contributed by atoms with van der Waals surface area (Å²) in [5.41, 5.74) is 0.746. The van der Waals surface area contributed by atoms with Gasteiger partial charge in [-0.3, -0.25) is 4.79 Å². The molecule has 1 unspecified atom stereocenters. The highest BCUT2D eigenvalue weighted by Crippen LogP contribution is 2.41. The van der Waals surface area contributed by atoms with Crippen LogP contribution in [-0.4, -0.2) is 11.0 Å². The molecule has 0 bridgehead atoms. The molecule has 1 aromatic rings. The van der Waals surface area contributed by atoms with Gasteiger partial charge < -0.3 is 10.1 Å². The van der Waals surface area contributed by atoms with Gasteiger partial charge >= 0.3 is 0 Å². The summed E-state index contributed by atoms with van der Waals surface area (Å²) in [4.78, 5) is 11.0. The maximum absolute atomic E-state index is 11.0. The molecule has 1 N–H and O–H groups in total. The Morgan fingerprint density at radius 2 is 2.33 bits per heavy atom. The first-order valence-corrected chi connectivity index (χ1v) is 5.19. The van der Waals surface area contributed by atoms with E-state index in [1.807, 2.05) is 0 Å². The molecule has 0 amide bonds. The Hall–Kier alpha value is -0.930. The molecular weight excluding hydrogens is 237 g/mol. The van der Waals surface area contributed by atoms with Gasteiger partial charge in [0.1, 0.15) is 11.5 Å². The third-order valence-electron chi connectivity index (χ3n) is 2.01. The van der Waals surface area contributed by atoms with Crippen molar-refractivity contribution in [2.45, 2.75) is 18.5 Å². The van der Waals surface area contributed by atoms with Crippen LogP contribution in [0.2, 0.25) is 5.02 Å². The number of rotatable bonds is 2. The van der Waals surface area contributed by atoms with Gasteiger partial charge in [0, 0.05) is 11.1 Å². The molecule has 1 heterocycles. The SMILES string of the molecule is CC(=O)CC1(Cl)Nc2ccc(Cl)cc2O1. The lowest BCUT2D eigenvalue weighted by Gasteiger charge is -2.19. The zero-order valence-corrected chi connectivity index (χ0v) is 9.52. The molecule has 0 radical (unpaired) electrons. The van der Waals surface area contributed by atoms with Crippen molar-refractivity contribution < 1.29 is 9.53 Å². The maximum atomic E-state index is 11.0. The van der Waals surface area contributed by atoms with E-state index in [1.165, 1.54) is 6.92 Å². The zero-order valence-electron chi connectivity index (χ0n) is 8.01. The smallest absolute Gasteiger partial charge is 0.265 e. The summed E-state index contributed by atoms with van der Waals surface area (Å²) in [6.07, 6.45) is 0.0981. The fraction of sp³-hybridized carbons (Fsp3) is 0.300. The number of carbonyl (C=O) groups is 1. The van der Waals surface area contributed by atoms with E-state index in [1.54, 1.807) is 18.2 Å². The van der Waals surface area contributed by atoms with Crippen LogP contribution in [0.15, 0.2) is 18.2 Å². The normalized spacial score (nSPS) is 22.9. The second kappa shape index (κ2) is 3.58. The number of hydrogen-bond donors (Lipinski definition) is 1. The highest BCUT2D eigenvalue weighted by Gasteiger charge is 2.37. The van der Waals surface area contributed by atoms with E-state index >= 15 is 0 Å². The molecule has 1 aliphatic heterocycles. The predicted octanol–water partition coefficient (Wildman–Crippen LogP) is 3.02. The molecule has 0 aromatic heterocycles. The van der Waals surface area contributed by atoms with Crippen LogP contribution in [0.3, 0.4) is 0 Å². The molecule has 0 spiro atoms. The number of benzene rings is 1. The van der Waals surface area contributed by atoms with Crippen molar-refractivity contribution in [3.63, 3.8) is 0 Å². The minimum absolute atomic E-state index is 0.0450. The average Bonchev–Trinajstić information content (AvgIpc) is 2.38. The lowest BCUT2D eigenvalue weighted by molar-refractivity contribution is -0.118. The van der Waals surface area contributed by atoms with E-state index < -0.39 is 5.18 Å². The minimum Gasteiger partial charge on any atom is -0.451 e. The van der Waals surface area contributed by atoms with Crippen LogP contribution >= 0.6 is 23.2 Å². The summed E-state index contributed by atoms with van der Waals surface area (Å²) in [6, 6.07) is 5.16. The highest BCUT2D eigenvalue weighted by atomic mass is 35.5. The Kier molecular flexibility index (Phi) is 2.52. The largest absolute Gasteiger partial charge is 0.451 e. The Morgan fingerprint density at radius 1 is 1.60 bits per heavy atom. The molecule has 0 saturated heterocycles. The number of carbonyl (C=O) groups excluding carboxylic acids is 1. The second-order valence-electron chi connectivity index (χ2n) is 3.47. The van der Waals surface area contributed by atoms with Gasteiger partial charge in [0.2, 0.25) is 0 Å². The zero-order chi connectivity index (χ0) is 11.1. The van der Waals surface area contributed by atoms with Crippen LogP contribution in [0.5, 0.6) is 5.75 Å². The molecule has 1 aliphatic rings. The Balaban J connectivity index is 2.24. The molecule has 2 rings (SSSR count). The van der Waals surface area contributed by atoms with E-state index in [9.17, 15) is 4.79 Å². The average molecular weight is 246 g/mol. The number of fused-ring (bicyclic) bond motifs is 1. The van der Waals surface area contributed by atoms with Gasteiger partial charge in [-0.05, 0) is 19.1 Å². The summed E-state index contributed by atoms with van der Waals surface area (Å²) in [7, 11) is 0. The number of halogens is 2. The number of hydrogen-bond acceptors (Lipinski definition) is 3. The number of nitrogens with one attached hydrogen (secondary N) is 1. The van der Waals surface area contributed by atoms with Crippen LogP contribution in [0, 0.1) is 0 Å². The number of alkyl halides is 1. The highest BCUT2D eigenvalue weighted by molar-refractivity contribution is 6.31. The molecular formula is C10H9Cl2NO2. The fourth-order valence-electron chi connectivity index (χ4n) is 1.49. The number of Topliss-reactive ketones (excluding diaryl/α,β-unsaturated/α-hetero) is 1. The van der Waals surface area contributed by atoms with E-state index in [-0.39, 0.29) is 12.2 Å². The Labute approximate surface area is 97.3 Å². The first-order chi connectivity index (χ1) is 6.98. The van der Waals surface area contributed by atoms with Crippen molar-refractivity contribution >= 4 is 34.7 Å². The topological polar surface area (TPSA) is 38.3 Å². The van der Waals surface area contributed by atoms with E-state index in [0.29, 0.717) is 10.8 Å². The summed E-state index contributed by atoms with van der Waals surface area (Å²) in [5.74, 6) is 0.523. The maximum Gasteiger partial charge on any atom is 0.265 e. The lowest BCUT2D eigenvalue weighted by atomic mass is 10.3. The summed E-state index contributed by atoms with van der Waals surface area (Å²) >= 11 is 11.9. The molecule has 0 saturated carbocycles. The van der Waals surface area contributed by atoms with Crippen molar-refractivity contribution in [2.75, 3.05) is 5.32 Å². The third kappa shape index (κ3) is 2.19.